The Morgan fingerprint density at radius 2 is 0.661 bits per heavy atom. The number of carbonyl (C=O) groups is 3. The van der Waals surface area contributed by atoms with Crippen molar-refractivity contribution in [3.05, 3.63) is 134 Å². The molecule has 0 bridgehead atoms. The Hall–Kier alpha value is -4.45. The predicted molar refractivity (Wildman–Crippen MR) is 265 cm³/mol. The van der Waals surface area contributed by atoms with Crippen LogP contribution in [0.5, 0.6) is 0 Å². The largest absolute Gasteiger partial charge is 0.462 e. The van der Waals surface area contributed by atoms with E-state index in [1.54, 1.807) is 0 Å². The first-order valence-electron chi connectivity index (χ1n) is 24.3. The summed E-state index contributed by atoms with van der Waals surface area (Å²) in [6, 6.07) is 0. The van der Waals surface area contributed by atoms with E-state index in [-0.39, 0.29) is 38.0 Å². The number of rotatable bonds is 41. The quantitative estimate of drug-likeness (QED) is 0.0200. The third-order valence-corrected chi connectivity index (χ3v) is 9.63. The average molecular weight is 855 g/mol. The van der Waals surface area contributed by atoms with Crippen LogP contribution in [-0.4, -0.2) is 37.2 Å². The van der Waals surface area contributed by atoms with Crippen LogP contribution in [-0.2, 0) is 28.6 Å². The van der Waals surface area contributed by atoms with Crippen molar-refractivity contribution in [2.75, 3.05) is 13.2 Å². The first-order valence-corrected chi connectivity index (χ1v) is 24.3. The summed E-state index contributed by atoms with van der Waals surface area (Å²) in [7, 11) is 0. The van der Waals surface area contributed by atoms with Gasteiger partial charge in [0.1, 0.15) is 13.2 Å². The van der Waals surface area contributed by atoms with Crippen molar-refractivity contribution in [2.24, 2.45) is 0 Å². The minimum Gasteiger partial charge on any atom is -0.462 e. The van der Waals surface area contributed by atoms with Gasteiger partial charge in [-0.3, -0.25) is 14.4 Å². The summed E-state index contributed by atoms with van der Waals surface area (Å²) >= 11 is 0. The first-order chi connectivity index (χ1) is 30.5. The summed E-state index contributed by atoms with van der Waals surface area (Å²) in [6.45, 7) is 6.19. The molecule has 0 aromatic carbocycles. The van der Waals surface area contributed by atoms with Gasteiger partial charge in [-0.05, 0) is 70.6 Å². The van der Waals surface area contributed by atoms with Crippen LogP contribution in [0.2, 0.25) is 0 Å². The molecule has 62 heavy (non-hydrogen) atoms. The zero-order valence-corrected chi connectivity index (χ0v) is 39.3. The van der Waals surface area contributed by atoms with Gasteiger partial charge >= 0.3 is 17.9 Å². The maximum atomic E-state index is 12.7. The first kappa shape index (κ1) is 57.5. The molecule has 0 saturated carbocycles. The second kappa shape index (κ2) is 49.2. The Bertz CT molecular complexity index is 1400. The zero-order valence-electron chi connectivity index (χ0n) is 39.3. The molecule has 0 aromatic heterocycles. The highest BCUT2D eigenvalue weighted by atomic mass is 16.6. The lowest BCUT2D eigenvalue weighted by Crippen LogP contribution is -2.30. The molecule has 0 fully saturated rings. The Balaban J connectivity index is 4.58. The summed E-state index contributed by atoms with van der Waals surface area (Å²) in [5.74, 6) is -1.11. The molecule has 0 aromatic rings. The van der Waals surface area contributed by atoms with Crippen LogP contribution in [0.3, 0.4) is 0 Å². The third kappa shape index (κ3) is 46.6. The van der Waals surface area contributed by atoms with Crippen LogP contribution in [0.25, 0.3) is 0 Å². The minimum absolute atomic E-state index is 0.139. The van der Waals surface area contributed by atoms with Crippen LogP contribution in [0.4, 0.5) is 0 Å². The van der Waals surface area contributed by atoms with Crippen LogP contribution in [0.15, 0.2) is 134 Å². The van der Waals surface area contributed by atoms with Crippen LogP contribution >= 0.6 is 0 Å². The van der Waals surface area contributed by atoms with Crippen LogP contribution in [0, 0.1) is 0 Å². The fraction of sp³-hybridized carbons (Fsp3) is 0.554. The molecular weight excluding hydrogens is 769 g/mol. The summed E-state index contributed by atoms with van der Waals surface area (Å²) in [5.41, 5.74) is 0. The van der Waals surface area contributed by atoms with E-state index in [2.05, 4.69) is 45.1 Å². The highest BCUT2D eigenvalue weighted by Gasteiger charge is 2.19. The number of esters is 3. The lowest BCUT2D eigenvalue weighted by molar-refractivity contribution is -0.167. The Labute approximate surface area is 379 Å². The number of ether oxygens (including phenoxy) is 3. The standard InChI is InChI=1S/C56H86O6/c1-4-7-10-13-16-19-22-25-26-27-28-29-32-34-37-40-43-46-49-55(58)61-52-53(62-56(59)50-47-44-41-38-35-31-24-21-18-15-12-9-6-3)51-60-54(57)48-45-42-39-36-33-30-23-20-17-14-11-8-5-2/h8-9,11-12,14-15,17-18,20-21,23-24,28-31,33,35-36,38-39,41,53H,4-7,10,13,16,19,22,25-27,32,34,37,40,42-52H2,1-3H3/b11-8+,12-9+,17-14+,18-15+,23-20+,24-21+,29-28+,33-30+,35-31+,39-36+,41-38+. The van der Waals surface area contributed by atoms with Crippen molar-refractivity contribution in [1.82, 2.24) is 0 Å². The molecule has 1 atom stereocenters. The van der Waals surface area contributed by atoms with Crippen molar-refractivity contribution in [3.8, 4) is 0 Å². The van der Waals surface area contributed by atoms with E-state index in [1.807, 2.05) is 109 Å². The van der Waals surface area contributed by atoms with E-state index < -0.39 is 12.1 Å². The maximum Gasteiger partial charge on any atom is 0.306 e. The second-order valence-electron chi connectivity index (χ2n) is 15.5. The van der Waals surface area contributed by atoms with Gasteiger partial charge in [0.05, 0.1) is 0 Å². The van der Waals surface area contributed by atoms with E-state index in [1.165, 1.54) is 70.6 Å². The van der Waals surface area contributed by atoms with E-state index in [4.69, 9.17) is 14.2 Å². The lowest BCUT2D eigenvalue weighted by atomic mass is 10.1. The fourth-order valence-electron chi connectivity index (χ4n) is 6.02. The van der Waals surface area contributed by atoms with E-state index in [0.29, 0.717) is 25.7 Å². The topological polar surface area (TPSA) is 78.9 Å². The van der Waals surface area contributed by atoms with E-state index >= 15 is 0 Å². The molecule has 6 nitrogen and oxygen atoms in total. The Morgan fingerprint density at radius 3 is 1.08 bits per heavy atom. The van der Waals surface area contributed by atoms with Crippen molar-refractivity contribution in [1.29, 1.82) is 0 Å². The molecule has 0 radical (unpaired) electrons. The minimum atomic E-state index is -0.851. The van der Waals surface area contributed by atoms with Crippen molar-refractivity contribution < 1.29 is 28.6 Å². The number of hydrogen-bond donors (Lipinski definition) is 0. The Kier molecular flexibility index (Phi) is 45.7. The van der Waals surface area contributed by atoms with Gasteiger partial charge in [0.2, 0.25) is 0 Å². The molecule has 0 N–H and O–H groups in total. The van der Waals surface area contributed by atoms with Gasteiger partial charge in [-0.1, -0.05) is 225 Å². The second-order valence-corrected chi connectivity index (χ2v) is 15.5. The molecule has 0 aliphatic heterocycles. The SMILES string of the molecule is CC/C=C/C=C/C=C/C=C/C=C/CCCC(=O)OCC(COC(=O)CCCCCCC/C=C/CCCCCCCCCCC)OC(=O)CCC/C=C/C=C/C=C/C=C/C=C/CC. The lowest BCUT2D eigenvalue weighted by Gasteiger charge is -2.18. The fourth-order valence-corrected chi connectivity index (χ4v) is 6.02. The number of unbranched alkanes of at least 4 members (excludes halogenated alkanes) is 16. The number of hydrogen-bond acceptors (Lipinski definition) is 6. The molecule has 0 heterocycles. The molecule has 0 saturated heterocycles. The monoisotopic (exact) mass is 855 g/mol. The normalized spacial score (nSPS) is 13.3. The molecule has 0 aliphatic rings. The highest BCUT2D eigenvalue weighted by Crippen LogP contribution is 2.13. The zero-order chi connectivity index (χ0) is 45.1. The van der Waals surface area contributed by atoms with E-state index in [9.17, 15) is 14.4 Å². The van der Waals surface area contributed by atoms with Gasteiger partial charge in [-0.25, -0.2) is 0 Å². The van der Waals surface area contributed by atoms with Gasteiger partial charge in [-0.2, -0.15) is 0 Å². The maximum absolute atomic E-state index is 12.7. The van der Waals surface area contributed by atoms with Crippen LogP contribution in [0.1, 0.15) is 181 Å². The van der Waals surface area contributed by atoms with Gasteiger partial charge in [0.15, 0.2) is 6.10 Å². The van der Waals surface area contributed by atoms with Gasteiger partial charge < -0.3 is 14.2 Å². The molecule has 0 amide bonds. The van der Waals surface area contributed by atoms with E-state index in [0.717, 1.165) is 51.4 Å². The van der Waals surface area contributed by atoms with Crippen molar-refractivity contribution in [3.63, 3.8) is 0 Å². The highest BCUT2D eigenvalue weighted by molar-refractivity contribution is 5.71. The third-order valence-electron chi connectivity index (χ3n) is 9.63. The number of allylic oxidation sites excluding steroid dienone is 22. The summed E-state index contributed by atoms with van der Waals surface area (Å²) in [5, 5.41) is 0. The van der Waals surface area contributed by atoms with Gasteiger partial charge in [-0.15, -0.1) is 0 Å². The molecule has 0 aliphatic carbocycles. The van der Waals surface area contributed by atoms with Gasteiger partial charge in [0.25, 0.3) is 0 Å². The molecule has 0 spiro atoms. The van der Waals surface area contributed by atoms with Crippen molar-refractivity contribution >= 4 is 17.9 Å². The molecule has 346 valence electrons. The summed E-state index contributed by atoms with van der Waals surface area (Å²) in [6.07, 6.45) is 68.8. The van der Waals surface area contributed by atoms with Crippen LogP contribution < -0.4 is 0 Å². The van der Waals surface area contributed by atoms with Crippen molar-refractivity contribution in [2.45, 2.75) is 187 Å². The molecule has 1 unspecified atom stereocenters. The smallest absolute Gasteiger partial charge is 0.306 e. The molecular formula is C56H86O6. The number of carbonyl (C=O) groups excluding carboxylic acids is 3. The molecule has 0 rings (SSSR count). The summed E-state index contributed by atoms with van der Waals surface area (Å²) < 4.78 is 16.6. The summed E-state index contributed by atoms with van der Waals surface area (Å²) in [4.78, 5) is 37.8. The average Bonchev–Trinajstić information content (AvgIpc) is 3.27. The predicted octanol–water partition coefficient (Wildman–Crippen LogP) is 15.9. The molecule has 6 heteroatoms. The Morgan fingerprint density at radius 1 is 0.339 bits per heavy atom. The van der Waals surface area contributed by atoms with Gasteiger partial charge in [0, 0.05) is 19.3 Å².